The fourth-order valence-corrected chi connectivity index (χ4v) is 2.30. The van der Waals surface area contributed by atoms with Crippen molar-refractivity contribution in [2.24, 2.45) is 0 Å². The van der Waals surface area contributed by atoms with Gasteiger partial charge in [-0.05, 0) is 18.9 Å². The van der Waals surface area contributed by atoms with Gasteiger partial charge >= 0.3 is 5.97 Å². The third kappa shape index (κ3) is 4.18. The second kappa shape index (κ2) is 6.64. The number of carboxylic acids is 1. The summed E-state index contributed by atoms with van der Waals surface area (Å²) >= 11 is 0. The Kier molecular flexibility index (Phi) is 4.40. The molecule has 0 bridgehead atoms. The van der Waals surface area contributed by atoms with Crippen molar-refractivity contribution in [2.75, 3.05) is 6.54 Å². The zero-order valence-corrected chi connectivity index (χ0v) is 12.7. The summed E-state index contributed by atoms with van der Waals surface area (Å²) in [7, 11) is 0. The molecule has 0 saturated heterocycles. The van der Waals surface area contributed by atoms with E-state index >= 15 is 0 Å². The van der Waals surface area contributed by atoms with Crippen LogP contribution in [0.3, 0.4) is 0 Å². The van der Waals surface area contributed by atoms with E-state index in [9.17, 15) is 9.59 Å². The molecule has 3 rings (SSSR count). The van der Waals surface area contributed by atoms with E-state index in [1.807, 2.05) is 16.9 Å². The van der Waals surface area contributed by atoms with Crippen LogP contribution in [-0.2, 0) is 17.9 Å². The molecule has 1 amide bonds. The maximum Gasteiger partial charge on any atom is 0.305 e. The van der Waals surface area contributed by atoms with Gasteiger partial charge in [-0.1, -0.05) is 0 Å². The van der Waals surface area contributed by atoms with Gasteiger partial charge in [0.25, 0.3) is 5.91 Å². The average molecular weight is 317 g/mol. The molecule has 0 aromatic carbocycles. The van der Waals surface area contributed by atoms with Crippen LogP contribution in [0.25, 0.3) is 0 Å². The molecule has 0 atom stereocenters. The van der Waals surface area contributed by atoms with Crippen molar-refractivity contribution in [3.05, 3.63) is 35.9 Å². The number of hydrogen-bond acceptors (Lipinski definition) is 4. The summed E-state index contributed by atoms with van der Waals surface area (Å²) in [6.07, 6.45) is 7.35. The lowest BCUT2D eigenvalue weighted by molar-refractivity contribution is -0.137. The van der Waals surface area contributed by atoms with Gasteiger partial charge < -0.3 is 10.4 Å². The molecule has 2 N–H and O–H groups in total. The molecule has 1 aliphatic rings. The number of nitrogens with one attached hydrogen (secondary N) is 1. The fourth-order valence-electron chi connectivity index (χ4n) is 2.30. The average Bonchev–Trinajstić information content (AvgIpc) is 3.08. The van der Waals surface area contributed by atoms with E-state index in [-0.39, 0.29) is 18.9 Å². The van der Waals surface area contributed by atoms with Gasteiger partial charge in [0.1, 0.15) is 0 Å². The number of aliphatic carboxylic acids is 1. The molecule has 1 aliphatic carbocycles. The standard InChI is InChI=1S/C15H19N5O3/c21-14(22)4-7-20-10-12(9-17-20)15(23)16-5-8-19-6-3-13(18-19)11-1-2-11/h3,6,9-11H,1-2,4-5,7-8H2,(H,16,23)(H,21,22). The first-order valence-electron chi connectivity index (χ1n) is 7.67. The molecule has 1 saturated carbocycles. The van der Waals surface area contributed by atoms with Crippen LogP contribution in [0.2, 0.25) is 0 Å². The Balaban J connectivity index is 1.44. The zero-order chi connectivity index (χ0) is 16.2. The summed E-state index contributed by atoms with van der Waals surface area (Å²) < 4.78 is 3.29. The molecule has 122 valence electrons. The number of carbonyl (C=O) groups is 2. The molecule has 1 fully saturated rings. The lowest BCUT2D eigenvalue weighted by atomic mass is 10.3. The molecule has 2 aromatic rings. The van der Waals surface area contributed by atoms with Crippen molar-refractivity contribution in [2.45, 2.75) is 38.3 Å². The number of hydrogen-bond donors (Lipinski definition) is 2. The van der Waals surface area contributed by atoms with E-state index in [2.05, 4.69) is 15.5 Å². The van der Waals surface area contributed by atoms with Gasteiger partial charge in [0, 0.05) is 24.9 Å². The quantitative estimate of drug-likeness (QED) is 0.752. The fraction of sp³-hybridized carbons (Fsp3) is 0.467. The summed E-state index contributed by atoms with van der Waals surface area (Å²) in [4.78, 5) is 22.5. The number of rotatable bonds is 8. The van der Waals surface area contributed by atoms with E-state index < -0.39 is 5.97 Å². The van der Waals surface area contributed by atoms with E-state index in [0.717, 1.165) is 5.69 Å². The Morgan fingerprint density at radius 1 is 1.30 bits per heavy atom. The number of aromatic nitrogens is 4. The lowest BCUT2D eigenvalue weighted by Crippen LogP contribution is -2.27. The van der Waals surface area contributed by atoms with Crippen LogP contribution in [0.15, 0.2) is 24.7 Å². The van der Waals surface area contributed by atoms with Gasteiger partial charge in [-0.25, -0.2) is 0 Å². The maximum absolute atomic E-state index is 12.0. The van der Waals surface area contributed by atoms with Gasteiger partial charge in [-0.3, -0.25) is 19.0 Å². The van der Waals surface area contributed by atoms with Crippen molar-refractivity contribution < 1.29 is 14.7 Å². The van der Waals surface area contributed by atoms with E-state index in [1.54, 1.807) is 6.20 Å². The van der Waals surface area contributed by atoms with Crippen LogP contribution in [0.5, 0.6) is 0 Å². The molecule has 2 heterocycles. The van der Waals surface area contributed by atoms with Crippen LogP contribution < -0.4 is 5.32 Å². The van der Waals surface area contributed by atoms with Crippen molar-refractivity contribution in [1.82, 2.24) is 24.9 Å². The highest BCUT2D eigenvalue weighted by Crippen LogP contribution is 2.38. The summed E-state index contributed by atoms with van der Waals surface area (Å²) in [5, 5.41) is 19.9. The van der Waals surface area contributed by atoms with Gasteiger partial charge in [0.2, 0.25) is 0 Å². The van der Waals surface area contributed by atoms with Gasteiger partial charge in [-0.15, -0.1) is 0 Å². The molecular formula is C15H19N5O3. The van der Waals surface area contributed by atoms with Crippen LogP contribution in [-0.4, -0.2) is 43.1 Å². The third-order valence-electron chi connectivity index (χ3n) is 3.73. The second-order valence-corrected chi connectivity index (χ2v) is 5.67. The number of nitrogens with zero attached hydrogens (tertiary/aromatic N) is 4. The van der Waals surface area contributed by atoms with Gasteiger partial charge in [-0.2, -0.15) is 10.2 Å². The number of amides is 1. The van der Waals surface area contributed by atoms with Gasteiger partial charge in [0.05, 0.1) is 37.0 Å². The molecule has 0 spiro atoms. The van der Waals surface area contributed by atoms with Crippen LogP contribution >= 0.6 is 0 Å². The van der Waals surface area contributed by atoms with Gasteiger partial charge in [0.15, 0.2) is 0 Å². The van der Waals surface area contributed by atoms with Crippen molar-refractivity contribution in [3.63, 3.8) is 0 Å². The van der Waals surface area contributed by atoms with Crippen LogP contribution in [0, 0.1) is 0 Å². The van der Waals surface area contributed by atoms with E-state index in [0.29, 0.717) is 24.6 Å². The Bertz CT molecular complexity index is 702. The molecule has 0 unspecified atom stereocenters. The van der Waals surface area contributed by atoms with Crippen molar-refractivity contribution in [3.8, 4) is 0 Å². The number of carboxylic acid groups (broad SMARTS) is 1. The first kappa shape index (κ1) is 15.3. The molecular weight excluding hydrogens is 298 g/mol. The number of aryl methyl sites for hydroxylation is 1. The SMILES string of the molecule is O=C(O)CCn1cc(C(=O)NCCn2ccc(C3CC3)n2)cn1. The Morgan fingerprint density at radius 3 is 2.87 bits per heavy atom. The predicted octanol–water partition coefficient (Wildman–Crippen LogP) is 0.862. The number of carbonyl (C=O) groups excluding carboxylic acids is 1. The summed E-state index contributed by atoms with van der Waals surface area (Å²) in [5.74, 6) is -0.486. The topological polar surface area (TPSA) is 102 Å². The second-order valence-electron chi connectivity index (χ2n) is 5.67. The normalized spacial score (nSPS) is 13.9. The largest absolute Gasteiger partial charge is 0.481 e. The predicted molar refractivity (Wildman–Crippen MR) is 81.0 cm³/mol. The summed E-state index contributed by atoms with van der Waals surface area (Å²) in [6, 6.07) is 2.03. The molecule has 0 radical (unpaired) electrons. The van der Waals surface area contributed by atoms with Crippen LogP contribution in [0.1, 0.15) is 41.2 Å². The first-order valence-corrected chi connectivity index (χ1v) is 7.67. The molecule has 0 aliphatic heterocycles. The van der Waals surface area contributed by atoms with Crippen molar-refractivity contribution in [1.29, 1.82) is 0 Å². The Labute approximate surface area is 133 Å². The Hall–Kier alpha value is -2.64. The van der Waals surface area contributed by atoms with E-state index in [4.69, 9.17) is 5.11 Å². The summed E-state index contributed by atoms with van der Waals surface area (Å²) in [6.45, 7) is 1.34. The highest BCUT2D eigenvalue weighted by atomic mass is 16.4. The summed E-state index contributed by atoms with van der Waals surface area (Å²) in [5.41, 5.74) is 1.56. The highest BCUT2D eigenvalue weighted by molar-refractivity contribution is 5.93. The van der Waals surface area contributed by atoms with E-state index in [1.165, 1.54) is 23.7 Å². The molecule has 23 heavy (non-hydrogen) atoms. The molecule has 2 aromatic heterocycles. The highest BCUT2D eigenvalue weighted by Gasteiger charge is 2.25. The molecule has 8 nitrogen and oxygen atoms in total. The monoisotopic (exact) mass is 317 g/mol. The van der Waals surface area contributed by atoms with Crippen LogP contribution in [0.4, 0.5) is 0 Å². The third-order valence-corrected chi connectivity index (χ3v) is 3.73. The maximum atomic E-state index is 12.0. The zero-order valence-electron chi connectivity index (χ0n) is 12.7. The minimum absolute atomic E-state index is 0.0225. The van der Waals surface area contributed by atoms with Crippen molar-refractivity contribution >= 4 is 11.9 Å². The minimum atomic E-state index is -0.892. The molecule has 8 heteroatoms. The first-order chi connectivity index (χ1) is 11.1. The lowest BCUT2D eigenvalue weighted by Gasteiger charge is -2.04. The Morgan fingerprint density at radius 2 is 2.13 bits per heavy atom. The minimum Gasteiger partial charge on any atom is -0.481 e. The smallest absolute Gasteiger partial charge is 0.305 e.